The fourth-order valence-electron chi connectivity index (χ4n) is 3.35. The summed E-state index contributed by atoms with van der Waals surface area (Å²) in [6.07, 6.45) is 1.25. The van der Waals surface area contributed by atoms with Crippen LogP contribution in [0.4, 0.5) is 4.39 Å². The molecule has 6 nitrogen and oxygen atoms in total. The summed E-state index contributed by atoms with van der Waals surface area (Å²) >= 11 is 6.11. The SMILES string of the molecule is Cc1c(Cl)cccc1S(=O)(=O)N1CCCC1c1nc(-c2ccc(F)cc2)no1. The van der Waals surface area contributed by atoms with E-state index in [4.69, 9.17) is 16.1 Å². The van der Waals surface area contributed by atoms with Crippen LogP contribution in [0.15, 0.2) is 51.9 Å². The van der Waals surface area contributed by atoms with Crippen molar-refractivity contribution in [3.8, 4) is 11.4 Å². The van der Waals surface area contributed by atoms with Crippen LogP contribution in [0.25, 0.3) is 11.4 Å². The zero-order chi connectivity index (χ0) is 19.9. The second kappa shape index (κ2) is 7.27. The van der Waals surface area contributed by atoms with E-state index in [1.807, 2.05) is 0 Å². The molecule has 1 fully saturated rings. The van der Waals surface area contributed by atoms with Crippen LogP contribution in [-0.2, 0) is 10.0 Å². The van der Waals surface area contributed by atoms with Gasteiger partial charge in [-0.1, -0.05) is 22.8 Å². The summed E-state index contributed by atoms with van der Waals surface area (Å²) in [4.78, 5) is 4.53. The van der Waals surface area contributed by atoms with Crippen LogP contribution in [0.3, 0.4) is 0 Å². The van der Waals surface area contributed by atoms with Gasteiger partial charge in [-0.15, -0.1) is 0 Å². The third-order valence-electron chi connectivity index (χ3n) is 4.84. The Hall–Kier alpha value is -2.29. The van der Waals surface area contributed by atoms with E-state index in [1.165, 1.54) is 16.4 Å². The van der Waals surface area contributed by atoms with Crippen LogP contribution in [0.2, 0.25) is 5.02 Å². The van der Waals surface area contributed by atoms with E-state index in [9.17, 15) is 12.8 Å². The lowest BCUT2D eigenvalue weighted by Gasteiger charge is -2.22. The third-order valence-corrected chi connectivity index (χ3v) is 7.30. The molecule has 1 saturated heterocycles. The van der Waals surface area contributed by atoms with Gasteiger partial charge in [0.2, 0.25) is 21.7 Å². The van der Waals surface area contributed by atoms with Gasteiger partial charge in [-0.25, -0.2) is 12.8 Å². The number of hydrogen-bond donors (Lipinski definition) is 0. The van der Waals surface area contributed by atoms with Crippen LogP contribution >= 0.6 is 11.6 Å². The van der Waals surface area contributed by atoms with Crippen LogP contribution in [0.1, 0.15) is 30.3 Å². The number of nitrogens with zero attached hydrogens (tertiary/aromatic N) is 3. The molecule has 9 heteroatoms. The van der Waals surface area contributed by atoms with Gasteiger partial charge in [0.1, 0.15) is 11.9 Å². The first kappa shape index (κ1) is 19.0. The zero-order valence-corrected chi connectivity index (χ0v) is 16.5. The predicted octanol–water partition coefficient (Wildman–Crippen LogP) is 4.36. The third kappa shape index (κ3) is 3.32. The Balaban J connectivity index is 1.67. The number of rotatable bonds is 4. The molecule has 1 aromatic heterocycles. The number of hydrogen-bond acceptors (Lipinski definition) is 5. The molecule has 4 rings (SSSR count). The Morgan fingerprint density at radius 2 is 1.96 bits per heavy atom. The van der Waals surface area contributed by atoms with Crippen molar-refractivity contribution in [1.82, 2.24) is 14.4 Å². The van der Waals surface area contributed by atoms with Gasteiger partial charge in [0, 0.05) is 17.1 Å². The Kier molecular flexibility index (Phi) is 4.95. The van der Waals surface area contributed by atoms with E-state index in [0.717, 1.165) is 0 Å². The van der Waals surface area contributed by atoms with E-state index in [0.29, 0.717) is 35.5 Å². The van der Waals surface area contributed by atoms with Crippen molar-refractivity contribution >= 4 is 21.6 Å². The molecule has 1 atom stereocenters. The first-order chi connectivity index (χ1) is 13.4. The fraction of sp³-hybridized carbons (Fsp3) is 0.263. The van der Waals surface area contributed by atoms with Gasteiger partial charge in [0.25, 0.3) is 0 Å². The van der Waals surface area contributed by atoms with Gasteiger partial charge in [-0.3, -0.25) is 0 Å². The first-order valence-electron chi connectivity index (χ1n) is 8.74. The van der Waals surface area contributed by atoms with Gasteiger partial charge in [-0.05, 0) is 61.7 Å². The normalized spacial score (nSPS) is 17.9. The van der Waals surface area contributed by atoms with E-state index in [1.54, 1.807) is 37.3 Å². The summed E-state index contributed by atoms with van der Waals surface area (Å²) in [5, 5.41) is 4.33. The summed E-state index contributed by atoms with van der Waals surface area (Å²) in [6.45, 7) is 2.03. The Morgan fingerprint density at radius 1 is 1.21 bits per heavy atom. The van der Waals surface area contributed by atoms with Gasteiger partial charge in [0.05, 0.1) is 4.90 Å². The lowest BCUT2D eigenvalue weighted by molar-refractivity contribution is 0.290. The van der Waals surface area contributed by atoms with Crippen molar-refractivity contribution in [2.24, 2.45) is 0 Å². The monoisotopic (exact) mass is 421 g/mol. The highest BCUT2D eigenvalue weighted by atomic mass is 35.5. The van der Waals surface area contributed by atoms with Gasteiger partial charge >= 0.3 is 0 Å². The Morgan fingerprint density at radius 3 is 2.71 bits per heavy atom. The number of aromatic nitrogens is 2. The second-order valence-electron chi connectivity index (χ2n) is 6.60. The van der Waals surface area contributed by atoms with E-state index >= 15 is 0 Å². The van der Waals surface area contributed by atoms with E-state index in [2.05, 4.69) is 10.1 Å². The van der Waals surface area contributed by atoms with Gasteiger partial charge < -0.3 is 4.52 Å². The lowest BCUT2D eigenvalue weighted by atomic mass is 10.2. The van der Waals surface area contributed by atoms with Crippen molar-refractivity contribution in [1.29, 1.82) is 0 Å². The summed E-state index contributed by atoms with van der Waals surface area (Å²) in [6, 6.07) is 9.97. The number of sulfonamides is 1. The summed E-state index contributed by atoms with van der Waals surface area (Å²) < 4.78 is 46.3. The molecule has 3 aromatic rings. The minimum atomic E-state index is -3.78. The lowest BCUT2D eigenvalue weighted by Crippen LogP contribution is -2.31. The summed E-state index contributed by atoms with van der Waals surface area (Å²) in [7, 11) is -3.78. The largest absolute Gasteiger partial charge is 0.337 e. The van der Waals surface area contributed by atoms with E-state index < -0.39 is 16.1 Å². The highest BCUT2D eigenvalue weighted by molar-refractivity contribution is 7.89. The molecule has 0 amide bonds. The molecular weight excluding hydrogens is 405 g/mol. The average molecular weight is 422 g/mol. The summed E-state index contributed by atoms with van der Waals surface area (Å²) in [5.74, 6) is 0.149. The van der Waals surface area contributed by atoms with Crippen molar-refractivity contribution in [3.63, 3.8) is 0 Å². The second-order valence-corrected chi connectivity index (χ2v) is 8.87. The predicted molar refractivity (Wildman–Crippen MR) is 102 cm³/mol. The molecular formula is C19H17ClFN3O3S. The number of halogens is 2. The molecule has 28 heavy (non-hydrogen) atoms. The molecule has 0 N–H and O–H groups in total. The smallest absolute Gasteiger partial charge is 0.245 e. The highest BCUT2D eigenvalue weighted by Crippen LogP contribution is 2.38. The molecule has 0 saturated carbocycles. The molecule has 1 unspecified atom stereocenters. The Bertz CT molecular complexity index is 1120. The molecule has 0 bridgehead atoms. The molecule has 146 valence electrons. The van der Waals surface area contributed by atoms with Crippen molar-refractivity contribution < 1.29 is 17.3 Å². The standard InChI is InChI=1S/C19H17ClFN3O3S/c1-12-15(20)4-2-6-17(12)28(25,26)24-11-3-5-16(24)19-22-18(23-27-19)13-7-9-14(21)10-8-13/h2,4,6-10,16H,3,5,11H2,1H3. The number of benzene rings is 2. The minimum absolute atomic E-state index is 0.171. The fourth-order valence-corrected chi connectivity index (χ4v) is 5.49. The maximum atomic E-state index is 13.2. The van der Waals surface area contributed by atoms with Crippen LogP contribution in [0.5, 0.6) is 0 Å². The summed E-state index contributed by atoms with van der Waals surface area (Å²) in [5.41, 5.74) is 1.10. The molecule has 0 spiro atoms. The first-order valence-corrected chi connectivity index (χ1v) is 10.6. The Labute approximate surface area is 167 Å². The van der Waals surface area contributed by atoms with Crippen LogP contribution in [0, 0.1) is 12.7 Å². The molecule has 0 radical (unpaired) electrons. The zero-order valence-electron chi connectivity index (χ0n) is 15.0. The topological polar surface area (TPSA) is 76.3 Å². The van der Waals surface area contributed by atoms with Gasteiger partial charge in [-0.2, -0.15) is 9.29 Å². The van der Waals surface area contributed by atoms with E-state index in [-0.39, 0.29) is 22.4 Å². The maximum absolute atomic E-state index is 13.2. The minimum Gasteiger partial charge on any atom is -0.337 e. The molecule has 1 aliphatic heterocycles. The highest BCUT2D eigenvalue weighted by Gasteiger charge is 2.40. The molecule has 0 aliphatic carbocycles. The van der Waals surface area contributed by atoms with Gasteiger partial charge in [0.15, 0.2) is 0 Å². The van der Waals surface area contributed by atoms with Crippen LogP contribution < -0.4 is 0 Å². The molecule has 2 aromatic carbocycles. The average Bonchev–Trinajstić information content (AvgIpc) is 3.33. The van der Waals surface area contributed by atoms with Crippen molar-refractivity contribution in [2.75, 3.05) is 6.54 Å². The molecule has 2 heterocycles. The maximum Gasteiger partial charge on any atom is 0.245 e. The quantitative estimate of drug-likeness (QED) is 0.625. The van der Waals surface area contributed by atoms with Crippen LogP contribution in [-0.4, -0.2) is 29.4 Å². The van der Waals surface area contributed by atoms with Crippen molar-refractivity contribution in [2.45, 2.75) is 30.7 Å². The molecule has 1 aliphatic rings. The van der Waals surface area contributed by atoms with Crippen molar-refractivity contribution in [3.05, 3.63) is 64.8 Å².